The van der Waals surface area contributed by atoms with Crippen LogP contribution < -0.4 is 14.9 Å². The molecule has 1 N–H and O–H groups in total. The van der Waals surface area contributed by atoms with Gasteiger partial charge in [-0.3, -0.25) is 25.7 Å². The summed E-state index contributed by atoms with van der Waals surface area (Å²) in [5.41, 5.74) is 4.69. The highest BCUT2D eigenvalue weighted by Gasteiger charge is 2.13. The van der Waals surface area contributed by atoms with Crippen LogP contribution in [-0.4, -0.2) is 23.2 Å². The molecule has 0 radical (unpaired) electrons. The Kier molecular flexibility index (Phi) is 7.19. The number of anilines is 1. The molecule has 0 fully saturated rings. The van der Waals surface area contributed by atoms with E-state index in [4.69, 9.17) is 21.1 Å². The van der Waals surface area contributed by atoms with Crippen LogP contribution in [0.1, 0.15) is 11.1 Å². The summed E-state index contributed by atoms with van der Waals surface area (Å²) in [6.07, 6.45) is 1.51. The Morgan fingerprint density at radius 3 is 2.16 bits per heavy atom. The lowest BCUT2D eigenvalue weighted by Crippen LogP contribution is -2.00. The van der Waals surface area contributed by atoms with Gasteiger partial charge in [-0.1, -0.05) is 11.6 Å². The van der Waals surface area contributed by atoms with Crippen molar-refractivity contribution in [3.05, 3.63) is 97.0 Å². The lowest BCUT2D eigenvalue weighted by atomic mass is 10.2. The van der Waals surface area contributed by atoms with Gasteiger partial charge in [-0.05, 0) is 47.5 Å². The van der Waals surface area contributed by atoms with E-state index in [9.17, 15) is 20.2 Å². The first kappa shape index (κ1) is 22.5. The Morgan fingerprint density at radius 1 is 1.00 bits per heavy atom. The highest BCUT2D eigenvalue weighted by atomic mass is 35.5. The van der Waals surface area contributed by atoms with E-state index in [0.717, 1.165) is 5.56 Å². The van der Waals surface area contributed by atoms with Gasteiger partial charge in [0.1, 0.15) is 6.61 Å². The molecule has 11 heteroatoms. The minimum Gasteiger partial charge on any atom is -0.493 e. The maximum absolute atomic E-state index is 10.7. The molecule has 0 bridgehead atoms. The van der Waals surface area contributed by atoms with E-state index in [2.05, 4.69) is 10.5 Å². The molecule has 0 atom stereocenters. The standard InChI is InChI=1S/C21H17ClN4O6/c1-31-20-11-15(12-23-24-16-4-8-18(9-5-16)26(29)30)10-19(22)21(20)32-13-14-2-6-17(7-3-14)25(27)28/h2-12,24H,13H2,1H3/b23-12+. The lowest BCUT2D eigenvalue weighted by Gasteiger charge is -2.13. The van der Waals surface area contributed by atoms with Crippen LogP contribution in [0.15, 0.2) is 65.8 Å². The van der Waals surface area contributed by atoms with Crippen LogP contribution in [-0.2, 0) is 6.61 Å². The van der Waals surface area contributed by atoms with Crippen LogP contribution in [0.2, 0.25) is 5.02 Å². The summed E-state index contributed by atoms with van der Waals surface area (Å²) in [7, 11) is 1.47. The van der Waals surface area contributed by atoms with Crippen LogP contribution in [0.25, 0.3) is 0 Å². The summed E-state index contributed by atoms with van der Waals surface area (Å²) in [6, 6.07) is 15.1. The second-order valence-electron chi connectivity index (χ2n) is 6.42. The van der Waals surface area contributed by atoms with Gasteiger partial charge in [-0.2, -0.15) is 5.10 Å². The molecule has 0 aliphatic carbocycles. The van der Waals surface area contributed by atoms with Crippen LogP contribution in [0.4, 0.5) is 17.1 Å². The maximum Gasteiger partial charge on any atom is 0.269 e. The zero-order valence-electron chi connectivity index (χ0n) is 16.7. The number of ether oxygens (including phenoxy) is 2. The van der Waals surface area contributed by atoms with Crippen molar-refractivity contribution in [3.8, 4) is 11.5 Å². The largest absolute Gasteiger partial charge is 0.493 e. The number of nitrogens with one attached hydrogen (secondary N) is 1. The molecule has 0 heterocycles. The predicted molar refractivity (Wildman–Crippen MR) is 120 cm³/mol. The molecule has 0 spiro atoms. The van der Waals surface area contributed by atoms with Crippen molar-refractivity contribution < 1.29 is 19.3 Å². The summed E-state index contributed by atoms with van der Waals surface area (Å²) in [5, 5.41) is 25.8. The molecule has 0 unspecified atom stereocenters. The molecule has 3 rings (SSSR count). The molecule has 0 aliphatic rings. The monoisotopic (exact) mass is 456 g/mol. The van der Waals surface area contributed by atoms with Crippen LogP contribution in [0.3, 0.4) is 0 Å². The van der Waals surface area contributed by atoms with E-state index >= 15 is 0 Å². The quantitative estimate of drug-likeness (QED) is 0.266. The van der Waals surface area contributed by atoms with Crippen molar-refractivity contribution in [1.82, 2.24) is 0 Å². The molecule has 0 saturated carbocycles. The number of nitrogens with zero attached hydrogens (tertiary/aromatic N) is 3. The van der Waals surface area contributed by atoms with Crippen molar-refractivity contribution in [2.75, 3.05) is 12.5 Å². The number of halogens is 1. The molecule has 32 heavy (non-hydrogen) atoms. The van der Waals surface area contributed by atoms with Gasteiger partial charge in [-0.25, -0.2) is 0 Å². The summed E-state index contributed by atoms with van der Waals surface area (Å²) >= 11 is 6.35. The van der Waals surface area contributed by atoms with Crippen molar-refractivity contribution in [2.24, 2.45) is 5.10 Å². The summed E-state index contributed by atoms with van der Waals surface area (Å²) in [4.78, 5) is 20.5. The van der Waals surface area contributed by atoms with Crippen LogP contribution >= 0.6 is 11.6 Å². The molecule has 0 aromatic heterocycles. The number of nitro benzene ring substituents is 2. The highest BCUT2D eigenvalue weighted by molar-refractivity contribution is 6.32. The van der Waals surface area contributed by atoms with Gasteiger partial charge in [0, 0.05) is 24.3 Å². The van der Waals surface area contributed by atoms with Gasteiger partial charge in [-0.15, -0.1) is 0 Å². The van der Waals surface area contributed by atoms with Crippen molar-refractivity contribution >= 4 is 34.9 Å². The van der Waals surface area contributed by atoms with E-state index in [0.29, 0.717) is 27.8 Å². The normalized spacial score (nSPS) is 10.7. The molecular weight excluding hydrogens is 440 g/mol. The van der Waals surface area contributed by atoms with Crippen molar-refractivity contribution in [1.29, 1.82) is 0 Å². The fraction of sp³-hybridized carbons (Fsp3) is 0.0952. The average Bonchev–Trinajstić information content (AvgIpc) is 2.78. The molecule has 0 saturated heterocycles. The molecule has 10 nitrogen and oxygen atoms in total. The van der Waals surface area contributed by atoms with E-state index in [1.165, 1.54) is 49.7 Å². The van der Waals surface area contributed by atoms with Gasteiger partial charge < -0.3 is 9.47 Å². The van der Waals surface area contributed by atoms with Crippen molar-refractivity contribution in [2.45, 2.75) is 6.61 Å². The number of methoxy groups -OCH3 is 1. The summed E-state index contributed by atoms with van der Waals surface area (Å²) in [5.74, 6) is 0.712. The lowest BCUT2D eigenvalue weighted by molar-refractivity contribution is -0.385. The van der Waals surface area contributed by atoms with Gasteiger partial charge >= 0.3 is 0 Å². The van der Waals surface area contributed by atoms with Gasteiger partial charge in [0.2, 0.25) is 0 Å². The second-order valence-corrected chi connectivity index (χ2v) is 6.83. The smallest absolute Gasteiger partial charge is 0.269 e. The molecule has 164 valence electrons. The minimum absolute atomic E-state index is 0.00432. The third-order valence-corrected chi connectivity index (χ3v) is 4.55. The number of hydrogen-bond acceptors (Lipinski definition) is 8. The number of nitro groups is 2. The number of rotatable bonds is 9. The predicted octanol–water partition coefficient (Wildman–Crippen LogP) is 5.19. The fourth-order valence-electron chi connectivity index (χ4n) is 2.66. The SMILES string of the molecule is COc1cc(/C=N/Nc2ccc([N+](=O)[O-])cc2)cc(Cl)c1OCc1ccc([N+](=O)[O-])cc1. The zero-order chi connectivity index (χ0) is 23.1. The topological polar surface area (TPSA) is 129 Å². The second kappa shape index (κ2) is 10.2. The van der Waals surface area contributed by atoms with Gasteiger partial charge in [0.15, 0.2) is 11.5 Å². The number of benzene rings is 3. The van der Waals surface area contributed by atoms with Crippen LogP contribution in [0, 0.1) is 20.2 Å². The number of hydrazone groups is 1. The molecular formula is C21H17ClN4O6. The number of non-ortho nitro benzene ring substituents is 2. The Labute approximate surface area is 187 Å². The highest BCUT2D eigenvalue weighted by Crippen LogP contribution is 2.36. The Hall–Kier alpha value is -4.18. The van der Waals surface area contributed by atoms with Gasteiger partial charge in [0.05, 0.1) is 33.9 Å². The Morgan fingerprint density at radius 2 is 1.59 bits per heavy atom. The molecule has 3 aromatic carbocycles. The first-order chi connectivity index (χ1) is 15.4. The van der Waals surface area contributed by atoms with E-state index in [-0.39, 0.29) is 18.0 Å². The van der Waals surface area contributed by atoms with E-state index < -0.39 is 9.85 Å². The number of hydrogen-bond donors (Lipinski definition) is 1. The van der Waals surface area contributed by atoms with E-state index in [1.54, 1.807) is 24.3 Å². The first-order valence-corrected chi connectivity index (χ1v) is 9.52. The summed E-state index contributed by atoms with van der Waals surface area (Å²) in [6.45, 7) is 0.142. The maximum atomic E-state index is 10.7. The zero-order valence-corrected chi connectivity index (χ0v) is 17.5. The van der Waals surface area contributed by atoms with E-state index in [1.807, 2.05) is 0 Å². The molecule has 0 amide bonds. The average molecular weight is 457 g/mol. The fourth-order valence-corrected chi connectivity index (χ4v) is 2.94. The summed E-state index contributed by atoms with van der Waals surface area (Å²) < 4.78 is 11.1. The van der Waals surface area contributed by atoms with Crippen molar-refractivity contribution in [3.63, 3.8) is 0 Å². The Bertz CT molecular complexity index is 1150. The molecule has 0 aliphatic heterocycles. The van der Waals surface area contributed by atoms with Gasteiger partial charge in [0.25, 0.3) is 11.4 Å². The third-order valence-electron chi connectivity index (χ3n) is 4.27. The first-order valence-electron chi connectivity index (χ1n) is 9.14. The minimum atomic E-state index is -0.480. The third kappa shape index (κ3) is 5.70. The Balaban J connectivity index is 1.67. The molecule has 3 aromatic rings. The van der Waals surface area contributed by atoms with Crippen LogP contribution in [0.5, 0.6) is 11.5 Å².